The molecule has 1 saturated heterocycles. The zero-order valence-corrected chi connectivity index (χ0v) is 20.4. The van der Waals surface area contributed by atoms with Crippen LogP contribution in [0.25, 0.3) is 10.2 Å². The molecule has 1 aliphatic heterocycles. The van der Waals surface area contributed by atoms with Gasteiger partial charge in [0, 0.05) is 45.4 Å². The number of hydrogen-bond donors (Lipinski definition) is 1. The molecular weight excluding hydrogens is 460 g/mol. The SMILES string of the molecule is COCCNS(=O)(=O)c1ccc(C(=O)N2CCN([C@@H](C)c3nc4ccccc4s3)CC2)cc1. The lowest BCUT2D eigenvalue weighted by molar-refractivity contribution is 0.0582. The first-order chi connectivity index (χ1) is 15.9. The molecule has 3 aromatic rings. The third-order valence-corrected chi connectivity index (χ3v) is 8.51. The number of aromatic nitrogens is 1. The molecule has 1 fully saturated rings. The highest BCUT2D eigenvalue weighted by Gasteiger charge is 2.27. The number of ether oxygens (including phenoxy) is 1. The van der Waals surface area contributed by atoms with Crippen LogP contribution in [0.5, 0.6) is 0 Å². The number of amides is 1. The first kappa shape index (κ1) is 23.8. The van der Waals surface area contributed by atoms with Gasteiger partial charge >= 0.3 is 0 Å². The molecule has 1 atom stereocenters. The van der Waals surface area contributed by atoms with Gasteiger partial charge in [0.2, 0.25) is 10.0 Å². The highest BCUT2D eigenvalue weighted by molar-refractivity contribution is 7.89. The Morgan fingerprint density at radius 2 is 1.82 bits per heavy atom. The minimum Gasteiger partial charge on any atom is -0.383 e. The third kappa shape index (κ3) is 5.42. The number of hydrogen-bond acceptors (Lipinski definition) is 7. The predicted molar refractivity (Wildman–Crippen MR) is 129 cm³/mol. The van der Waals surface area contributed by atoms with Gasteiger partial charge in [-0.3, -0.25) is 9.69 Å². The number of thiazole rings is 1. The summed E-state index contributed by atoms with van der Waals surface area (Å²) in [4.78, 5) is 22.0. The van der Waals surface area contributed by atoms with Crippen molar-refractivity contribution in [2.45, 2.75) is 17.9 Å². The van der Waals surface area contributed by atoms with E-state index in [1.165, 1.54) is 23.9 Å². The second-order valence-corrected chi connectivity index (χ2v) is 10.8. The minimum atomic E-state index is -3.62. The number of fused-ring (bicyclic) bond motifs is 1. The maximum absolute atomic E-state index is 13.0. The standard InChI is InChI=1S/C23H28N4O4S2/c1-17(22-25-20-5-3-4-6-21(20)32-22)26-12-14-27(15-13-26)23(28)18-7-9-19(10-8-18)33(29,30)24-11-16-31-2/h3-10,17,24H,11-16H2,1-2H3/t17-/m0/s1. The molecule has 1 aromatic heterocycles. The van der Waals surface area contributed by atoms with Crippen molar-refractivity contribution in [3.05, 3.63) is 59.1 Å². The van der Waals surface area contributed by atoms with Gasteiger partial charge in [0.05, 0.1) is 27.8 Å². The number of rotatable bonds is 8. The second kappa shape index (κ2) is 10.3. The molecule has 2 aromatic carbocycles. The normalized spacial score (nSPS) is 16.2. The van der Waals surface area contributed by atoms with Crippen LogP contribution >= 0.6 is 11.3 Å². The number of para-hydroxylation sites is 1. The van der Waals surface area contributed by atoms with E-state index in [2.05, 4.69) is 22.6 Å². The van der Waals surface area contributed by atoms with E-state index in [9.17, 15) is 13.2 Å². The summed E-state index contributed by atoms with van der Waals surface area (Å²) in [5.74, 6) is -0.0846. The summed E-state index contributed by atoms with van der Waals surface area (Å²) in [6.45, 7) is 5.41. The largest absolute Gasteiger partial charge is 0.383 e. The van der Waals surface area contributed by atoms with E-state index in [0.29, 0.717) is 25.3 Å². The molecule has 8 nitrogen and oxygen atoms in total. The van der Waals surface area contributed by atoms with E-state index in [0.717, 1.165) is 23.6 Å². The average Bonchev–Trinajstić information content (AvgIpc) is 3.28. The van der Waals surface area contributed by atoms with Crippen molar-refractivity contribution in [3.8, 4) is 0 Å². The lowest BCUT2D eigenvalue weighted by atomic mass is 10.1. The van der Waals surface area contributed by atoms with Crippen molar-refractivity contribution in [1.82, 2.24) is 19.5 Å². The summed E-state index contributed by atoms with van der Waals surface area (Å²) < 4.78 is 33.1. The van der Waals surface area contributed by atoms with Crippen LogP contribution in [0, 0.1) is 0 Å². The fourth-order valence-electron chi connectivity index (χ4n) is 3.86. The molecule has 0 unspecified atom stereocenters. The molecule has 4 rings (SSSR count). The highest BCUT2D eigenvalue weighted by atomic mass is 32.2. The third-order valence-electron chi connectivity index (χ3n) is 5.83. The van der Waals surface area contributed by atoms with Gasteiger partial charge in [-0.05, 0) is 43.3 Å². The number of piperazine rings is 1. The first-order valence-corrected chi connectivity index (χ1v) is 13.2. The lowest BCUT2D eigenvalue weighted by Gasteiger charge is -2.37. The number of carbonyl (C=O) groups is 1. The number of methoxy groups -OCH3 is 1. The summed E-state index contributed by atoms with van der Waals surface area (Å²) in [7, 11) is -2.11. The fraction of sp³-hybridized carbons (Fsp3) is 0.391. The van der Waals surface area contributed by atoms with Crippen molar-refractivity contribution in [3.63, 3.8) is 0 Å². The Balaban J connectivity index is 1.35. The zero-order chi connectivity index (χ0) is 23.4. The van der Waals surface area contributed by atoms with Crippen molar-refractivity contribution < 1.29 is 17.9 Å². The van der Waals surface area contributed by atoms with Gasteiger partial charge in [-0.2, -0.15) is 0 Å². The Morgan fingerprint density at radius 1 is 1.12 bits per heavy atom. The summed E-state index contributed by atoms with van der Waals surface area (Å²) in [6, 6.07) is 14.4. The summed E-state index contributed by atoms with van der Waals surface area (Å²) in [5.41, 5.74) is 1.51. The van der Waals surface area contributed by atoms with Crippen molar-refractivity contribution in [2.75, 3.05) is 46.4 Å². The molecule has 0 spiro atoms. The summed E-state index contributed by atoms with van der Waals surface area (Å²) in [5, 5.41) is 1.09. The van der Waals surface area contributed by atoms with Crippen LogP contribution in [-0.2, 0) is 14.8 Å². The van der Waals surface area contributed by atoms with Crippen LogP contribution < -0.4 is 4.72 Å². The number of benzene rings is 2. The molecule has 1 amide bonds. The van der Waals surface area contributed by atoms with Crippen LogP contribution in [0.1, 0.15) is 28.3 Å². The highest BCUT2D eigenvalue weighted by Crippen LogP contribution is 2.30. The maximum Gasteiger partial charge on any atom is 0.253 e. The monoisotopic (exact) mass is 488 g/mol. The molecule has 2 heterocycles. The van der Waals surface area contributed by atoms with Gasteiger partial charge < -0.3 is 9.64 Å². The van der Waals surface area contributed by atoms with Gasteiger partial charge in [-0.1, -0.05) is 12.1 Å². The minimum absolute atomic E-state index is 0.0846. The summed E-state index contributed by atoms with van der Waals surface area (Å²) in [6.07, 6.45) is 0. The van der Waals surface area contributed by atoms with E-state index in [1.807, 2.05) is 23.1 Å². The van der Waals surface area contributed by atoms with Gasteiger partial charge in [0.25, 0.3) is 5.91 Å². The number of nitrogens with one attached hydrogen (secondary N) is 1. The molecule has 0 aliphatic carbocycles. The van der Waals surface area contributed by atoms with E-state index < -0.39 is 10.0 Å². The maximum atomic E-state index is 13.0. The Morgan fingerprint density at radius 3 is 2.48 bits per heavy atom. The predicted octanol–water partition coefficient (Wildman–Crippen LogP) is 2.74. The molecule has 1 aliphatic rings. The number of nitrogens with zero attached hydrogens (tertiary/aromatic N) is 3. The molecule has 176 valence electrons. The molecule has 1 N–H and O–H groups in total. The van der Waals surface area contributed by atoms with Crippen molar-refractivity contribution >= 4 is 37.5 Å². The van der Waals surface area contributed by atoms with Gasteiger partial charge in [0.1, 0.15) is 5.01 Å². The lowest BCUT2D eigenvalue weighted by Crippen LogP contribution is -2.49. The van der Waals surface area contributed by atoms with Crippen LogP contribution in [0.3, 0.4) is 0 Å². The summed E-state index contributed by atoms with van der Waals surface area (Å²) >= 11 is 1.72. The van der Waals surface area contributed by atoms with E-state index >= 15 is 0 Å². The fourth-order valence-corrected chi connectivity index (χ4v) is 5.92. The Bertz CT molecular complexity index is 1170. The average molecular weight is 489 g/mol. The van der Waals surface area contributed by atoms with Crippen LogP contribution in [0.15, 0.2) is 53.4 Å². The van der Waals surface area contributed by atoms with E-state index in [4.69, 9.17) is 9.72 Å². The van der Waals surface area contributed by atoms with E-state index in [1.54, 1.807) is 23.5 Å². The molecular formula is C23H28N4O4S2. The second-order valence-electron chi connectivity index (χ2n) is 7.94. The van der Waals surface area contributed by atoms with Gasteiger partial charge in [-0.25, -0.2) is 18.1 Å². The van der Waals surface area contributed by atoms with Crippen molar-refractivity contribution in [1.29, 1.82) is 0 Å². The molecule has 0 bridgehead atoms. The zero-order valence-electron chi connectivity index (χ0n) is 18.7. The van der Waals surface area contributed by atoms with Crippen LogP contribution in [0.2, 0.25) is 0 Å². The number of sulfonamides is 1. The molecule has 33 heavy (non-hydrogen) atoms. The Labute approximate surface area is 198 Å². The Kier molecular flexibility index (Phi) is 7.40. The number of carbonyl (C=O) groups excluding carboxylic acids is 1. The quantitative estimate of drug-likeness (QED) is 0.490. The van der Waals surface area contributed by atoms with Gasteiger partial charge in [-0.15, -0.1) is 11.3 Å². The Hall–Kier alpha value is -2.37. The smallest absolute Gasteiger partial charge is 0.253 e. The van der Waals surface area contributed by atoms with Crippen molar-refractivity contribution in [2.24, 2.45) is 0 Å². The van der Waals surface area contributed by atoms with E-state index in [-0.39, 0.29) is 23.4 Å². The molecule has 10 heteroatoms. The first-order valence-electron chi connectivity index (χ1n) is 10.9. The molecule has 0 radical (unpaired) electrons. The topological polar surface area (TPSA) is 91.8 Å². The molecule has 0 saturated carbocycles. The van der Waals surface area contributed by atoms with Crippen LogP contribution in [-0.4, -0.2) is 75.5 Å². The van der Waals surface area contributed by atoms with Gasteiger partial charge in [0.15, 0.2) is 0 Å². The van der Waals surface area contributed by atoms with Crippen LogP contribution in [0.4, 0.5) is 0 Å².